The second-order valence-electron chi connectivity index (χ2n) is 7.78. The van der Waals surface area contributed by atoms with Crippen LogP contribution < -0.4 is 20.1 Å². The number of anilines is 1. The molecular weight excluding hydrogens is 404 g/mol. The number of carbonyl (C=O) groups excluding carboxylic acids is 1. The van der Waals surface area contributed by atoms with E-state index in [4.69, 9.17) is 9.47 Å². The molecule has 3 aromatic carbocycles. The van der Waals surface area contributed by atoms with E-state index in [2.05, 4.69) is 22.8 Å². The van der Waals surface area contributed by atoms with Crippen LogP contribution in [0.2, 0.25) is 0 Å². The molecule has 4 rings (SSSR count). The predicted molar refractivity (Wildman–Crippen MR) is 124 cm³/mol. The highest BCUT2D eigenvalue weighted by Crippen LogP contribution is 2.40. The van der Waals surface area contributed by atoms with E-state index >= 15 is 0 Å². The maximum atomic E-state index is 11.9. The monoisotopic (exact) mass is 432 g/mol. The van der Waals surface area contributed by atoms with E-state index in [1.165, 1.54) is 5.56 Å². The molecule has 1 unspecified atom stereocenters. The molecule has 0 spiro atoms. The Morgan fingerprint density at radius 3 is 2.44 bits per heavy atom. The number of ether oxygens (including phenoxy) is 2. The molecule has 0 aliphatic carbocycles. The molecule has 3 aromatic rings. The van der Waals surface area contributed by atoms with Gasteiger partial charge in [0.25, 0.3) is 5.91 Å². The van der Waals surface area contributed by atoms with Crippen molar-refractivity contribution in [3.63, 3.8) is 0 Å². The number of aryl methyl sites for hydroxylation is 1. The van der Waals surface area contributed by atoms with E-state index in [1.807, 2.05) is 60.7 Å². The number of nitrogens with one attached hydrogen (secondary N) is 2. The summed E-state index contributed by atoms with van der Waals surface area (Å²) >= 11 is 0. The first-order valence-electron chi connectivity index (χ1n) is 10.9. The SMILES string of the molecule is O=C1COc2c(CCNC(O)CCc3ccccc3)ccc(OCc3ccccc3)c2N1. The Morgan fingerprint density at radius 2 is 1.69 bits per heavy atom. The van der Waals surface area contributed by atoms with Crippen molar-refractivity contribution in [3.8, 4) is 11.5 Å². The summed E-state index contributed by atoms with van der Waals surface area (Å²) in [5, 5.41) is 16.3. The minimum Gasteiger partial charge on any atom is -0.487 e. The van der Waals surface area contributed by atoms with Crippen molar-refractivity contribution < 1.29 is 19.4 Å². The quantitative estimate of drug-likeness (QED) is 0.426. The summed E-state index contributed by atoms with van der Waals surface area (Å²) in [5.41, 5.74) is 3.77. The van der Waals surface area contributed by atoms with Crippen LogP contribution >= 0.6 is 0 Å². The number of aliphatic hydroxyl groups excluding tert-OH is 1. The zero-order chi connectivity index (χ0) is 22.2. The number of hydrogen-bond acceptors (Lipinski definition) is 5. The van der Waals surface area contributed by atoms with Crippen LogP contribution in [0, 0.1) is 0 Å². The molecule has 0 saturated carbocycles. The van der Waals surface area contributed by atoms with Gasteiger partial charge in [0.15, 0.2) is 12.4 Å². The molecule has 166 valence electrons. The molecule has 0 fully saturated rings. The Balaban J connectivity index is 1.35. The molecular formula is C26H28N2O4. The normalized spacial score (nSPS) is 13.6. The minimum absolute atomic E-state index is 0.0186. The van der Waals surface area contributed by atoms with Gasteiger partial charge in [0.1, 0.15) is 24.3 Å². The van der Waals surface area contributed by atoms with E-state index in [0.29, 0.717) is 43.2 Å². The molecule has 1 aliphatic rings. The lowest BCUT2D eigenvalue weighted by Gasteiger charge is -2.24. The summed E-state index contributed by atoms with van der Waals surface area (Å²) in [6.45, 7) is 0.969. The summed E-state index contributed by atoms with van der Waals surface area (Å²) in [6.07, 6.45) is 1.52. The third-order valence-electron chi connectivity index (χ3n) is 5.37. The highest BCUT2D eigenvalue weighted by atomic mass is 16.5. The molecule has 1 atom stereocenters. The second kappa shape index (κ2) is 10.8. The van der Waals surface area contributed by atoms with E-state index in [1.54, 1.807) is 0 Å². The molecule has 0 bridgehead atoms. The van der Waals surface area contributed by atoms with E-state index in [-0.39, 0.29) is 12.5 Å². The van der Waals surface area contributed by atoms with Gasteiger partial charge in [-0.15, -0.1) is 0 Å². The van der Waals surface area contributed by atoms with E-state index in [0.717, 1.165) is 17.5 Å². The third-order valence-corrected chi connectivity index (χ3v) is 5.37. The summed E-state index contributed by atoms with van der Waals surface area (Å²) in [7, 11) is 0. The van der Waals surface area contributed by atoms with Gasteiger partial charge in [-0.1, -0.05) is 66.7 Å². The zero-order valence-corrected chi connectivity index (χ0v) is 17.9. The summed E-state index contributed by atoms with van der Waals surface area (Å²) in [6, 6.07) is 23.8. The van der Waals surface area contributed by atoms with Gasteiger partial charge in [-0.2, -0.15) is 0 Å². The molecule has 0 radical (unpaired) electrons. The Bertz CT molecular complexity index is 1020. The Kier molecular flexibility index (Phi) is 7.38. The number of carbonyl (C=O) groups is 1. The first-order valence-corrected chi connectivity index (χ1v) is 10.9. The summed E-state index contributed by atoms with van der Waals surface area (Å²) < 4.78 is 11.7. The van der Waals surface area contributed by atoms with Crippen LogP contribution in [0.25, 0.3) is 0 Å². The van der Waals surface area contributed by atoms with Crippen LogP contribution in [0.1, 0.15) is 23.1 Å². The zero-order valence-electron chi connectivity index (χ0n) is 17.9. The fraction of sp³-hybridized carbons (Fsp3) is 0.269. The first-order chi connectivity index (χ1) is 15.7. The highest BCUT2D eigenvalue weighted by molar-refractivity contribution is 5.97. The van der Waals surface area contributed by atoms with Crippen molar-refractivity contribution >= 4 is 11.6 Å². The predicted octanol–water partition coefficient (Wildman–Crippen LogP) is 3.68. The molecule has 1 amide bonds. The minimum atomic E-state index is -0.583. The second-order valence-corrected chi connectivity index (χ2v) is 7.78. The molecule has 32 heavy (non-hydrogen) atoms. The van der Waals surface area contributed by atoms with Crippen LogP contribution in [-0.2, 0) is 24.2 Å². The van der Waals surface area contributed by atoms with Crippen molar-refractivity contribution in [1.82, 2.24) is 5.32 Å². The Hall–Kier alpha value is -3.35. The highest BCUT2D eigenvalue weighted by Gasteiger charge is 2.23. The standard InChI is InChI=1S/C26H28N2O4/c29-23(14-11-19-7-3-1-4-8-19)27-16-15-21-12-13-22(25-26(21)32-18-24(30)28-25)31-17-20-9-5-2-6-10-20/h1-10,12-13,23,27,29H,11,14-18H2,(H,28,30). The van der Waals surface area contributed by atoms with Crippen molar-refractivity contribution in [2.45, 2.75) is 32.1 Å². The van der Waals surface area contributed by atoms with Crippen molar-refractivity contribution in [2.75, 3.05) is 18.5 Å². The summed E-state index contributed by atoms with van der Waals surface area (Å²) in [4.78, 5) is 11.9. The van der Waals surface area contributed by atoms with Crippen molar-refractivity contribution in [2.24, 2.45) is 0 Å². The van der Waals surface area contributed by atoms with Crippen LogP contribution in [0.3, 0.4) is 0 Å². The molecule has 1 heterocycles. The molecule has 6 heteroatoms. The topological polar surface area (TPSA) is 79.8 Å². The van der Waals surface area contributed by atoms with Crippen LogP contribution in [-0.4, -0.2) is 30.4 Å². The van der Waals surface area contributed by atoms with Gasteiger partial charge in [-0.3, -0.25) is 10.1 Å². The van der Waals surface area contributed by atoms with Gasteiger partial charge >= 0.3 is 0 Å². The molecule has 0 saturated heterocycles. The van der Waals surface area contributed by atoms with Crippen LogP contribution in [0.5, 0.6) is 11.5 Å². The lowest BCUT2D eigenvalue weighted by atomic mass is 10.1. The molecule has 3 N–H and O–H groups in total. The van der Waals surface area contributed by atoms with Crippen molar-refractivity contribution in [1.29, 1.82) is 0 Å². The average Bonchev–Trinajstić information content (AvgIpc) is 2.83. The maximum Gasteiger partial charge on any atom is 0.262 e. The van der Waals surface area contributed by atoms with E-state index < -0.39 is 6.23 Å². The Labute approximate surface area is 188 Å². The maximum absolute atomic E-state index is 11.9. The van der Waals surface area contributed by atoms with E-state index in [9.17, 15) is 9.90 Å². The van der Waals surface area contributed by atoms with Gasteiger partial charge in [0.05, 0.1) is 0 Å². The average molecular weight is 433 g/mol. The van der Waals surface area contributed by atoms with Gasteiger partial charge in [-0.25, -0.2) is 0 Å². The van der Waals surface area contributed by atoms with Gasteiger partial charge < -0.3 is 19.9 Å². The molecule has 1 aliphatic heterocycles. The lowest BCUT2D eigenvalue weighted by Crippen LogP contribution is -2.31. The lowest BCUT2D eigenvalue weighted by molar-refractivity contribution is -0.118. The molecule has 6 nitrogen and oxygen atoms in total. The number of amides is 1. The number of rotatable bonds is 10. The third kappa shape index (κ3) is 5.87. The largest absolute Gasteiger partial charge is 0.487 e. The van der Waals surface area contributed by atoms with Crippen molar-refractivity contribution in [3.05, 3.63) is 89.5 Å². The smallest absolute Gasteiger partial charge is 0.262 e. The van der Waals surface area contributed by atoms with Gasteiger partial charge in [-0.05, 0) is 42.0 Å². The van der Waals surface area contributed by atoms with Gasteiger partial charge in [0, 0.05) is 6.54 Å². The van der Waals surface area contributed by atoms with Crippen LogP contribution in [0.4, 0.5) is 5.69 Å². The fourth-order valence-electron chi connectivity index (χ4n) is 3.68. The molecule has 0 aromatic heterocycles. The van der Waals surface area contributed by atoms with Gasteiger partial charge in [0.2, 0.25) is 0 Å². The number of fused-ring (bicyclic) bond motifs is 1. The Morgan fingerprint density at radius 1 is 0.969 bits per heavy atom. The number of benzene rings is 3. The fourth-order valence-corrected chi connectivity index (χ4v) is 3.68. The number of aliphatic hydroxyl groups is 1. The summed E-state index contributed by atoms with van der Waals surface area (Å²) in [5.74, 6) is 1.01. The number of hydrogen-bond donors (Lipinski definition) is 3. The van der Waals surface area contributed by atoms with Crippen LogP contribution in [0.15, 0.2) is 72.8 Å². The first kappa shape index (κ1) is 21.9.